The smallest absolute Gasteiger partial charge is 0.275 e. The lowest BCUT2D eigenvalue weighted by Gasteiger charge is -2.27. The number of nitrogens with one attached hydrogen (secondary N) is 2. The fraction of sp³-hybridized carbons (Fsp3) is 0.917. The minimum Gasteiger partial charge on any atom is -0.345 e. The van der Waals surface area contributed by atoms with Crippen molar-refractivity contribution in [3.63, 3.8) is 0 Å². The number of carbonyl (C=O) groups is 1. The fourth-order valence-corrected chi connectivity index (χ4v) is 5.04. The van der Waals surface area contributed by atoms with Gasteiger partial charge in [0.2, 0.25) is 0 Å². The average molecular weight is 275 g/mol. The van der Waals surface area contributed by atoms with Gasteiger partial charge in [0.05, 0.1) is 30.1 Å². The molecule has 0 aromatic carbocycles. The van der Waals surface area contributed by atoms with E-state index in [4.69, 9.17) is 0 Å². The molecule has 0 aliphatic carbocycles. The van der Waals surface area contributed by atoms with Crippen LogP contribution in [0.4, 0.5) is 0 Å². The van der Waals surface area contributed by atoms with Gasteiger partial charge >= 0.3 is 0 Å². The summed E-state index contributed by atoms with van der Waals surface area (Å²) in [5, 5.41) is 2.92. The van der Waals surface area contributed by atoms with E-state index in [1.165, 1.54) is 24.2 Å². The second-order valence-electron chi connectivity index (χ2n) is 5.94. The molecule has 2 aliphatic heterocycles. The Labute approximate surface area is 109 Å². The van der Waals surface area contributed by atoms with E-state index < -0.39 is 15.4 Å². The van der Waals surface area contributed by atoms with Crippen molar-refractivity contribution in [2.75, 3.05) is 31.1 Å². The van der Waals surface area contributed by atoms with E-state index in [2.05, 4.69) is 5.32 Å². The predicted molar refractivity (Wildman–Crippen MR) is 69.2 cm³/mol. The van der Waals surface area contributed by atoms with Crippen molar-refractivity contribution >= 4 is 15.7 Å². The molecule has 2 N–H and O–H groups in total. The highest BCUT2D eigenvalue weighted by Crippen LogP contribution is 2.22. The van der Waals surface area contributed by atoms with Crippen LogP contribution in [0.5, 0.6) is 0 Å². The maximum atomic E-state index is 12.0. The zero-order chi connectivity index (χ0) is 13.2. The lowest BCUT2D eigenvalue weighted by molar-refractivity contribution is -0.896. The molecular formula is C12H23N2O3S+. The second-order valence-corrected chi connectivity index (χ2v) is 8.12. The molecule has 0 bridgehead atoms. The number of rotatable bonds is 3. The Balaban J connectivity index is 1.84. The summed E-state index contributed by atoms with van der Waals surface area (Å²) in [4.78, 5) is 13.3. The first-order valence-electron chi connectivity index (χ1n) is 6.74. The highest BCUT2D eigenvalue weighted by atomic mass is 32.2. The monoisotopic (exact) mass is 275 g/mol. The summed E-state index contributed by atoms with van der Waals surface area (Å²) in [5.74, 6) is 0.271. The van der Waals surface area contributed by atoms with Crippen LogP contribution in [0.2, 0.25) is 0 Å². The van der Waals surface area contributed by atoms with Crippen LogP contribution in [0.25, 0.3) is 0 Å². The molecule has 0 saturated carbocycles. The maximum Gasteiger partial charge on any atom is 0.275 e. The highest BCUT2D eigenvalue weighted by Gasteiger charge is 2.39. The fourth-order valence-electron chi connectivity index (χ4n) is 2.95. The van der Waals surface area contributed by atoms with Crippen LogP contribution in [-0.4, -0.2) is 51.0 Å². The van der Waals surface area contributed by atoms with Gasteiger partial charge in [-0.3, -0.25) is 4.79 Å². The molecule has 0 aromatic heterocycles. The molecule has 2 rings (SSSR count). The van der Waals surface area contributed by atoms with Gasteiger partial charge < -0.3 is 10.2 Å². The van der Waals surface area contributed by atoms with E-state index in [1.54, 1.807) is 0 Å². The minimum atomic E-state index is -2.95. The molecule has 2 fully saturated rings. The Morgan fingerprint density at radius 1 is 1.28 bits per heavy atom. The summed E-state index contributed by atoms with van der Waals surface area (Å²) in [6.45, 7) is 4.43. The predicted octanol–water partition coefficient (Wildman–Crippen LogP) is -1.25. The van der Waals surface area contributed by atoms with Crippen LogP contribution in [0.1, 0.15) is 32.6 Å². The summed E-state index contributed by atoms with van der Waals surface area (Å²) in [7, 11) is -2.95. The largest absolute Gasteiger partial charge is 0.345 e. The molecule has 0 aromatic rings. The van der Waals surface area contributed by atoms with Crippen LogP contribution in [0.15, 0.2) is 0 Å². The van der Waals surface area contributed by atoms with E-state index >= 15 is 0 Å². The molecule has 104 valence electrons. The standard InChI is InChI=1S/C12H22N2O3S/c1-12(5-8-18(16,17)10-12)13-11(15)9-14-6-3-2-4-7-14/h2-10H2,1H3,(H,13,15)/p+1/t12-/m1/s1. The van der Waals surface area contributed by atoms with Gasteiger partial charge in [0, 0.05) is 0 Å². The summed E-state index contributed by atoms with van der Waals surface area (Å²) in [6.07, 6.45) is 4.18. The van der Waals surface area contributed by atoms with Crippen LogP contribution >= 0.6 is 0 Å². The minimum absolute atomic E-state index is 0.00787. The average Bonchev–Trinajstić information content (AvgIpc) is 2.53. The summed E-state index contributed by atoms with van der Waals surface area (Å²) in [6, 6.07) is 0. The summed E-state index contributed by atoms with van der Waals surface area (Å²) >= 11 is 0. The molecule has 0 unspecified atom stereocenters. The van der Waals surface area contributed by atoms with Crippen LogP contribution < -0.4 is 10.2 Å². The number of hydrogen-bond acceptors (Lipinski definition) is 3. The zero-order valence-electron chi connectivity index (χ0n) is 11.0. The Hall–Kier alpha value is -0.620. The van der Waals surface area contributed by atoms with Crippen LogP contribution in [-0.2, 0) is 14.6 Å². The van der Waals surface area contributed by atoms with Gasteiger partial charge in [-0.1, -0.05) is 0 Å². The highest BCUT2D eigenvalue weighted by molar-refractivity contribution is 7.91. The van der Waals surface area contributed by atoms with Crippen LogP contribution in [0, 0.1) is 0 Å². The van der Waals surface area contributed by atoms with E-state index in [-0.39, 0.29) is 17.4 Å². The number of sulfone groups is 1. The summed E-state index contributed by atoms with van der Waals surface area (Å²) < 4.78 is 22.9. The SMILES string of the molecule is C[C@@]1(NC(=O)C[NH+]2CCCCC2)CCS(=O)(=O)C1. The van der Waals surface area contributed by atoms with Crippen molar-refractivity contribution in [2.24, 2.45) is 0 Å². The van der Waals surface area contributed by atoms with E-state index in [0.717, 1.165) is 13.1 Å². The van der Waals surface area contributed by atoms with Crippen molar-refractivity contribution in [2.45, 2.75) is 38.1 Å². The van der Waals surface area contributed by atoms with E-state index in [9.17, 15) is 13.2 Å². The number of carbonyl (C=O) groups excluding carboxylic acids is 1. The van der Waals surface area contributed by atoms with Crippen molar-refractivity contribution < 1.29 is 18.1 Å². The Morgan fingerprint density at radius 2 is 1.94 bits per heavy atom. The number of amides is 1. The number of hydrogen-bond donors (Lipinski definition) is 2. The first-order valence-corrected chi connectivity index (χ1v) is 8.56. The topological polar surface area (TPSA) is 67.7 Å². The molecule has 2 saturated heterocycles. The van der Waals surface area contributed by atoms with Crippen molar-refractivity contribution in [3.8, 4) is 0 Å². The molecular weight excluding hydrogens is 252 g/mol. The lowest BCUT2D eigenvalue weighted by Crippen LogP contribution is -3.14. The zero-order valence-corrected chi connectivity index (χ0v) is 11.8. The molecule has 6 heteroatoms. The first-order chi connectivity index (χ1) is 8.39. The molecule has 1 atom stereocenters. The molecule has 0 spiro atoms. The van der Waals surface area contributed by atoms with Crippen molar-refractivity contribution in [1.82, 2.24) is 5.32 Å². The maximum absolute atomic E-state index is 12.0. The molecule has 2 heterocycles. The molecule has 2 aliphatic rings. The number of likely N-dealkylation sites (tertiary alicyclic amines) is 1. The Bertz CT molecular complexity index is 415. The molecule has 1 amide bonds. The van der Waals surface area contributed by atoms with Gasteiger partial charge in [0.25, 0.3) is 5.91 Å². The quantitative estimate of drug-likeness (QED) is 0.676. The number of piperidine rings is 1. The van der Waals surface area contributed by atoms with Gasteiger partial charge in [0.15, 0.2) is 16.4 Å². The molecule has 18 heavy (non-hydrogen) atoms. The van der Waals surface area contributed by atoms with Crippen molar-refractivity contribution in [3.05, 3.63) is 0 Å². The molecule has 5 nitrogen and oxygen atoms in total. The van der Waals surface area contributed by atoms with Gasteiger partial charge in [-0.15, -0.1) is 0 Å². The normalized spacial score (nSPS) is 32.3. The first kappa shape index (κ1) is 13.8. The van der Waals surface area contributed by atoms with Gasteiger partial charge in [0.1, 0.15) is 0 Å². The third-order valence-electron chi connectivity index (χ3n) is 3.92. The van der Waals surface area contributed by atoms with Gasteiger partial charge in [-0.05, 0) is 32.6 Å². The summed E-state index contributed by atoms with van der Waals surface area (Å²) in [5.41, 5.74) is -0.550. The third-order valence-corrected chi connectivity index (χ3v) is 5.82. The van der Waals surface area contributed by atoms with Gasteiger partial charge in [-0.2, -0.15) is 0 Å². The van der Waals surface area contributed by atoms with E-state index in [0.29, 0.717) is 13.0 Å². The van der Waals surface area contributed by atoms with Crippen molar-refractivity contribution in [1.29, 1.82) is 0 Å². The van der Waals surface area contributed by atoms with E-state index in [1.807, 2.05) is 6.92 Å². The Kier molecular flexibility index (Phi) is 3.96. The Morgan fingerprint density at radius 3 is 2.50 bits per heavy atom. The van der Waals surface area contributed by atoms with Crippen LogP contribution in [0.3, 0.4) is 0 Å². The lowest BCUT2D eigenvalue weighted by atomic mass is 10.0. The third kappa shape index (κ3) is 3.68. The van der Waals surface area contributed by atoms with Gasteiger partial charge in [-0.25, -0.2) is 8.42 Å². The second kappa shape index (κ2) is 5.17. The molecule has 0 radical (unpaired) electrons. The number of quaternary nitrogens is 1.